The maximum atomic E-state index is 13.4. The highest BCUT2D eigenvalue weighted by Gasteiger charge is 2.35. The molecular formula is C31H36BNO6S. The number of hydrogen-bond acceptors (Lipinski definition) is 6. The van der Waals surface area contributed by atoms with Crippen molar-refractivity contribution < 1.29 is 28.0 Å². The third-order valence-corrected chi connectivity index (χ3v) is 9.09. The second-order valence-electron chi connectivity index (χ2n) is 10.4. The number of allylic oxidation sites excluding steroid dienone is 1. The first-order valence-electron chi connectivity index (χ1n) is 13.3. The van der Waals surface area contributed by atoms with Gasteiger partial charge in [-0.05, 0) is 78.3 Å². The molecule has 7 nitrogen and oxygen atoms in total. The van der Waals surface area contributed by atoms with Crippen LogP contribution in [0.25, 0.3) is 6.08 Å². The molecule has 2 atom stereocenters. The van der Waals surface area contributed by atoms with Crippen LogP contribution in [-0.2, 0) is 27.5 Å². The second-order valence-corrected chi connectivity index (χ2v) is 12.5. The molecule has 0 saturated heterocycles. The van der Waals surface area contributed by atoms with Gasteiger partial charge in [-0.2, -0.15) is 0 Å². The lowest BCUT2D eigenvalue weighted by molar-refractivity contribution is -0.124. The van der Waals surface area contributed by atoms with E-state index in [9.17, 15) is 23.3 Å². The van der Waals surface area contributed by atoms with Crippen molar-refractivity contribution in [1.29, 1.82) is 0 Å². The topological polar surface area (TPSA) is 113 Å². The van der Waals surface area contributed by atoms with E-state index in [4.69, 9.17) is 4.74 Å². The van der Waals surface area contributed by atoms with Crippen LogP contribution in [0.4, 0.5) is 0 Å². The molecule has 3 aromatic carbocycles. The fourth-order valence-corrected chi connectivity index (χ4v) is 6.44. The van der Waals surface area contributed by atoms with Crippen LogP contribution in [0.2, 0.25) is 0 Å². The fourth-order valence-electron chi connectivity index (χ4n) is 4.90. The van der Waals surface area contributed by atoms with Crippen LogP contribution in [0.5, 0.6) is 11.5 Å². The van der Waals surface area contributed by atoms with E-state index in [-0.39, 0.29) is 18.7 Å². The fraction of sp³-hybridized carbons (Fsp3) is 0.323. The van der Waals surface area contributed by atoms with Gasteiger partial charge in [0.2, 0.25) is 5.91 Å². The number of benzene rings is 3. The number of fused-ring (bicyclic) bond motifs is 1. The van der Waals surface area contributed by atoms with Crippen LogP contribution >= 0.6 is 0 Å². The van der Waals surface area contributed by atoms with Crippen LogP contribution in [0, 0.1) is 11.8 Å². The van der Waals surface area contributed by atoms with Gasteiger partial charge in [-0.25, -0.2) is 8.42 Å². The second kappa shape index (κ2) is 12.8. The van der Waals surface area contributed by atoms with Crippen molar-refractivity contribution in [1.82, 2.24) is 5.32 Å². The van der Waals surface area contributed by atoms with Gasteiger partial charge in [0.15, 0.2) is 9.84 Å². The van der Waals surface area contributed by atoms with E-state index in [1.54, 1.807) is 12.1 Å². The van der Waals surface area contributed by atoms with Gasteiger partial charge in [0.25, 0.3) is 0 Å². The first kappa shape index (κ1) is 29.6. The molecule has 0 bridgehead atoms. The standard InChI is InChI=1S/C30H32BNO6S.CH4/c33-30(32-29(31(34)35)18-22-9-10-22)25(17-21-5-2-1-3-6-21)20-39(36,37)28-15-13-26(14-16-28)38-27-12-11-23-7-4-8-24(23)19-27;/h1-6,8,11-16,19,22,25,29,34-35H,7,9-10,17-18,20H2,(H,32,33);1H4/t25-,29+;/m1./s1. The number of nitrogens with one attached hydrogen (secondary N) is 1. The van der Waals surface area contributed by atoms with Gasteiger partial charge in [0, 0.05) is 0 Å². The van der Waals surface area contributed by atoms with Crippen LogP contribution in [0.1, 0.15) is 43.4 Å². The first-order valence-corrected chi connectivity index (χ1v) is 14.9. The van der Waals surface area contributed by atoms with E-state index in [2.05, 4.69) is 17.5 Å². The summed E-state index contributed by atoms with van der Waals surface area (Å²) >= 11 is 0. The molecular weight excluding hydrogens is 525 g/mol. The number of sulfone groups is 1. The summed E-state index contributed by atoms with van der Waals surface area (Å²) in [5.41, 5.74) is 3.18. The number of carbonyl (C=O) groups is 1. The van der Waals surface area contributed by atoms with Gasteiger partial charge < -0.3 is 20.1 Å². The minimum atomic E-state index is -3.84. The molecule has 0 aromatic heterocycles. The van der Waals surface area contributed by atoms with Gasteiger partial charge in [-0.15, -0.1) is 0 Å². The van der Waals surface area contributed by atoms with Crippen molar-refractivity contribution in [3.8, 4) is 11.5 Å². The van der Waals surface area contributed by atoms with Crippen molar-refractivity contribution in [3.63, 3.8) is 0 Å². The van der Waals surface area contributed by atoms with E-state index in [1.807, 2.05) is 48.5 Å². The number of ether oxygens (including phenoxy) is 1. The molecule has 1 fully saturated rings. The molecule has 2 aliphatic rings. The Hall–Kier alpha value is -3.40. The summed E-state index contributed by atoms with van der Waals surface area (Å²) in [5, 5.41) is 22.3. The van der Waals surface area contributed by atoms with Crippen molar-refractivity contribution in [2.24, 2.45) is 11.8 Å². The van der Waals surface area contributed by atoms with Crippen LogP contribution in [-0.4, -0.2) is 43.2 Å². The van der Waals surface area contributed by atoms with Gasteiger partial charge in [-0.1, -0.05) is 68.8 Å². The smallest absolute Gasteiger partial charge is 0.457 e. The van der Waals surface area contributed by atoms with Crippen molar-refractivity contribution >= 4 is 28.9 Å². The molecule has 1 saturated carbocycles. The van der Waals surface area contributed by atoms with E-state index >= 15 is 0 Å². The third-order valence-electron chi connectivity index (χ3n) is 7.26. The van der Waals surface area contributed by atoms with E-state index in [0.29, 0.717) is 23.8 Å². The minimum Gasteiger partial charge on any atom is -0.457 e. The Balaban J connectivity index is 0.00000370. The minimum absolute atomic E-state index is 0. The predicted molar refractivity (Wildman–Crippen MR) is 158 cm³/mol. The summed E-state index contributed by atoms with van der Waals surface area (Å²) in [7, 11) is -5.55. The molecule has 0 unspecified atom stereocenters. The number of hydrogen-bond donors (Lipinski definition) is 3. The van der Waals surface area contributed by atoms with Crippen molar-refractivity contribution in [2.75, 3.05) is 5.75 Å². The number of amides is 1. The lowest BCUT2D eigenvalue weighted by atomic mass is 9.76. The molecule has 40 heavy (non-hydrogen) atoms. The highest BCUT2D eigenvalue weighted by Crippen LogP contribution is 2.34. The molecule has 1 amide bonds. The van der Waals surface area contributed by atoms with E-state index < -0.39 is 40.5 Å². The third kappa shape index (κ3) is 7.62. The number of carbonyl (C=O) groups excluding carboxylic acids is 1. The Morgan fingerprint density at radius 2 is 1.70 bits per heavy atom. The largest absolute Gasteiger partial charge is 0.475 e. The van der Waals surface area contributed by atoms with Crippen LogP contribution < -0.4 is 10.1 Å². The zero-order valence-electron chi connectivity index (χ0n) is 21.6. The summed E-state index contributed by atoms with van der Waals surface area (Å²) in [6, 6.07) is 21.3. The normalized spacial score (nSPS) is 15.4. The Bertz CT molecular complexity index is 1440. The van der Waals surface area contributed by atoms with E-state index in [0.717, 1.165) is 30.4 Å². The number of rotatable bonds is 12. The lowest BCUT2D eigenvalue weighted by Crippen LogP contribution is -2.50. The van der Waals surface area contributed by atoms with Gasteiger partial charge in [-0.3, -0.25) is 4.79 Å². The molecule has 210 valence electrons. The Labute approximate surface area is 237 Å². The Morgan fingerprint density at radius 3 is 2.38 bits per heavy atom. The quantitative estimate of drug-likeness (QED) is 0.279. The Morgan fingerprint density at radius 1 is 1.00 bits per heavy atom. The monoisotopic (exact) mass is 561 g/mol. The summed E-state index contributed by atoms with van der Waals surface area (Å²) in [6.45, 7) is 0. The SMILES string of the molecule is C.O=C(N[C@@H](CC1CC1)B(O)O)[C@H](Cc1ccccc1)CS(=O)(=O)c1ccc(Oc2ccc3c(c2)C=CC3)cc1. The molecule has 9 heteroatoms. The molecule has 0 aliphatic heterocycles. The molecule has 5 rings (SSSR count). The maximum absolute atomic E-state index is 13.4. The zero-order chi connectivity index (χ0) is 27.4. The molecule has 2 aliphatic carbocycles. The summed E-state index contributed by atoms with van der Waals surface area (Å²) in [6.07, 6.45) is 7.70. The lowest BCUT2D eigenvalue weighted by Gasteiger charge is -2.22. The average molecular weight is 562 g/mol. The molecule has 3 N–H and O–H groups in total. The summed E-state index contributed by atoms with van der Waals surface area (Å²) in [4.78, 5) is 13.4. The Kier molecular flexibility index (Phi) is 9.50. The van der Waals surface area contributed by atoms with Gasteiger partial charge >= 0.3 is 7.12 Å². The zero-order valence-corrected chi connectivity index (χ0v) is 22.4. The predicted octanol–water partition coefficient (Wildman–Crippen LogP) is 4.61. The molecule has 0 heterocycles. The van der Waals surface area contributed by atoms with Crippen LogP contribution in [0.15, 0.2) is 83.8 Å². The van der Waals surface area contributed by atoms with Crippen LogP contribution in [0.3, 0.4) is 0 Å². The highest BCUT2D eigenvalue weighted by atomic mass is 32.2. The summed E-state index contributed by atoms with van der Waals surface area (Å²) in [5.74, 6) is -1.14. The van der Waals surface area contributed by atoms with Crippen molar-refractivity contribution in [3.05, 3.63) is 95.6 Å². The maximum Gasteiger partial charge on any atom is 0.475 e. The molecule has 0 radical (unpaired) electrons. The average Bonchev–Trinajstić information content (AvgIpc) is 3.62. The van der Waals surface area contributed by atoms with Gasteiger partial charge in [0.1, 0.15) is 11.5 Å². The first-order chi connectivity index (χ1) is 18.8. The van der Waals surface area contributed by atoms with E-state index in [1.165, 1.54) is 17.7 Å². The molecule has 0 spiro atoms. The van der Waals surface area contributed by atoms with Gasteiger partial charge in [0.05, 0.1) is 22.5 Å². The molecule has 3 aromatic rings. The summed E-state index contributed by atoms with van der Waals surface area (Å²) < 4.78 is 32.8. The highest BCUT2D eigenvalue weighted by molar-refractivity contribution is 7.91. The van der Waals surface area contributed by atoms with Crippen molar-refractivity contribution in [2.45, 2.75) is 50.4 Å².